The highest BCUT2D eigenvalue weighted by atomic mass is 16.2. The van der Waals surface area contributed by atoms with Gasteiger partial charge in [0.25, 0.3) is 0 Å². The van der Waals surface area contributed by atoms with Crippen molar-refractivity contribution in [2.24, 2.45) is 0 Å². The van der Waals surface area contributed by atoms with Crippen LogP contribution in [0.3, 0.4) is 0 Å². The van der Waals surface area contributed by atoms with E-state index in [1.807, 2.05) is 0 Å². The van der Waals surface area contributed by atoms with Crippen LogP contribution < -0.4 is 0 Å². The number of hydrogen-bond acceptors (Lipinski definition) is 1. The van der Waals surface area contributed by atoms with Crippen molar-refractivity contribution >= 4 is 0 Å². The van der Waals surface area contributed by atoms with Gasteiger partial charge in [0.1, 0.15) is 0 Å². The Morgan fingerprint density at radius 2 is 0.826 bits per heavy atom. The molecule has 136 valence electrons. The summed E-state index contributed by atoms with van der Waals surface area (Å²) in [6, 6.07) is 0. The molecule has 0 aliphatic rings. The molecule has 0 aromatic carbocycles. The van der Waals surface area contributed by atoms with E-state index >= 15 is 0 Å². The number of aliphatic hydroxyl groups excluding tert-OH is 1. The molecule has 0 rings (SSSR count). The third kappa shape index (κ3) is 21.4. The monoisotopic (exact) mass is 322 g/mol. The topological polar surface area (TPSA) is 20.2 Å². The quantitative estimate of drug-likeness (QED) is 0.206. The first-order chi connectivity index (χ1) is 11.4. The van der Waals surface area contributed by atoms with E-state index in [9.17, 15) is 0 Å². The van der Waals surface area contributed by atoms with Gasteiger partial charge in [-0.05, 0) is 57.8 Å². The minimum Gasteiger partial charge on any atom is -0.396 e. The van der Waals surface area contributed by atoms with Crippen LogP contribution in [0, 0.1) is 0 Å². The minimum absolute atomic E-state index is 0.361. The number of unbranched alkanes of at least 4 members (excludes halogenated alkanes) is 13. The highest BCUT2D eigenvalue weighted by molar-refractivity contribution is 4.84. The SMILES string of the molecule is CCCCCC=CCCCCC=CCCCCCCCCCO. The molecule has 1 N–H and O–H groups in total. The van der Waals surface area contributed by atoms with Gasteiger partial charge in [0.05, 0.1) is 0 Å². The lowest BCUT2D eigenvalue weighted by Gasteiger charge is -1.99. The smallest absolute Gasteiger partial charge is 0.0431 e. The van der Waals surface area contributed by atoms with Crippen LogP contribution in [0.5, 0.6) is 0 Å². The van der Waals surface area contributed by atoms with Crippen molar-refractivity contribution in [2.45, 2.75) is 110 Å². The summed E-state index contributed by atoms with van der Waals surface area (Å²) in [6.45, 7) is 2.62. The molecule has 0 unspecified atom stereocenters. The molecule has 23 heavy (non-hydrogen) atoms. The molecule has 0 spiro atoms. The van der Waals surface area contributed by atoms with Crippen LogP contribution >= 0.6 is 0 Å². The van der Waals surface area contributed by atoms with Crippen molar-refractivity contribution < 1.29 is 5.11 Å². The molecule has 0 bridgehead atoms. The summed E-state index contributed by atoms with van der Waals surface area (Å²) in [5.74, 6) is 0. The zero-order valence-electron chi connectivity index (χ0n) is 15.8. The average molecular weight is 323 g/mol. The Morgan fingerprint density at radius 3 is 1.26 bits per heavy atom. The van der Waals surface area contributed by atoms with Crippen molar-refractivity contribution in [1.82, 2.24) is 0 Å². The van der Waals surface area contributed by atoms with Gasteiger partial charge in [0.15, 0.2) is 0 Å². The summed E-state index contributed by atoms with van der Waals surface area (Å²) in [4.78, 5) is 0. The fraction of sp³-hybridized carbons (Fsp3) is 0.818. The van der Waals surface area contributed by atoms with Crippen LogP contribution in [0.4, 0.5) is 0 Å². The molecule has 0 aliphatic carbocycles. The Kier molecular flexibility index (Phi) is 20.9. The zero-order valence-corrected chi connectivity index (χ0v) is 15.8. The Balaban J connectivity index is 3.11. The lowest BCUT2D eigenvalue weighted by atomic mass is 10.1. The van der Waals surface area contributed by atoms with E-state index in [0.717, 1.165) is 6.42 Å². The van der Waals surface area contributed by atoms with E-state index in [1.54, 1.807) is 0 Å². The number of aliphatic hydroxyl groups is 1. The average Bonchev–Trinajstić information content (AvgIpc) is 2.57. The van der Waals surface area contributed by atoms with E-state index in [2.05, 4.69) is 31.2 Å². The summed E-state index contributed by atoms with van der Waals surface area (Å²) in [5.41, 5.74) is 0. The summed E-state index contributed by atoms with van der Waals surface area (Å²) in [5, 5.41) is 8.70. The van der Waals surface area contributed by atoms with Gasteiger partial charge < -0.3 is 5.11 Å². The second-order valence-electron chi connectivity index (χ2n) is 6.71. The Morgan fingerprint density at radius 1 is 0.478 bits per heavy atom. The molecule has 0 fully saturated rings. The van der Waals surface area contributed by atoms with E-state index in [4.69, 9.17) is 5.11 Å². The number of hydrogen-bond donors (Lipinski definition) is 1. The Labute approximate surface area is 146 Å². The molecular weight excluding hydrogens is 280 g/mol. The molecule has 0 atom stereocenters. The van der Waals surface area contributed by atoms with E-state index in [1.165, 1.54) is 96.3 Å². The van der Waals surface area contributed by atoms with Crippen molar-refractivity contribution in [3.63, 3.8) is 0 Å². The minimum atomic E-state index is 0.361. The molecule has 1 heteroatoms. The maximum absolute atomic E-state index is 8.70. The van der Waals surface area contributed by atoms with Crippen LogP contribution in [0.2, 0.25) is 0 Å². The van der Waals surface area contributed by atoms with Crippen LogP contribution in [-0.2, 0) is 0 Å². The maximum atomic E-state index is 8.70. The third-order valence-corrected chi connectivity index (χ3v) is 4.33. The molecular formula is C22H42O. The van der Waals surface area contributed by atoms with Gasteiger partial charge in [-0.2, -0.15) is 0 Å². The zero-order chi connectivity index (χ0) is 16.8. The fourth-order valence-corrected chi connectivity index (χ4v) is 2.77. The molecule has 0 aliphatic heterocycles. The van der Waals surface area contributed by atoms with Gasteiger partial charge in [-0.15, -0.1) is 0 Å². The molecule has 0 aromatic rings. The molecule has 0 saturated heterocycles. The van der Waals surface area contributed by atoms with Crippen LogP contribution in [0.25, 0.3) is 0 Å². The maximum Gasteiger partial charge on any atom is 0.0431 e. The van der Waals surface area contributed by atoms with Crippen molar-refractivity contribution in [3.8, 4) is 0 Å². The molecule has 0 aromatic heterocycles. The van der Waals surface area contributed by atoms with Crippen molar-refractivity contribution in [2.75, 3.05) is 6.61 Å². The Hall–Kier alpha value is -0.560. The van der Waals surface area contributed by atoms with Crippen LogP contribution in [0.15, 0.2) is 24.3 Å². The van der Waals surface area contributed by atoms with Crippen LogP contribution in [-0.4, -0.2) is 11.7 Å². The summed E-state index contributed by atoms with van der Waals surface area (Å²) in [6.07, 6.45) is 30.2. The lowest BCUT2D eigenvalue weighted by molar-refractivity contribution is 0.282. The van der Waals surface area contributed by atoms with Gasteiger partial charge in [-0.25, -0.2) is 0 Å². The molecule has 1 nitrogen and oxygen atoms in total. The predicted molar refractivity (Wildman–Crippen MR) is 105 cm³/mol. The normalized spacial score (nSPS) is 11.9. The first-order valence-electron chi connectivity index (χ1n) is 10.3. The molecule has 0 radical (unpaired) electrons. The lowest BCUT2D eigenvalue weighted by Crippen LogP contribution is -1.83. The standard InChI is InChI=1S/C22H42O/c1-2-3-4-5-6-7-8-9-10-11-12-13-14-15-16-17-18-19-20-21-22-23/h6-7,12-13,23H,2-5,8-11,14-22H2,1H3. The van der Waals surface area contributed by atoms with Gasteiger partial charge in [0.2, 0.25) is 0 Å². The van der Waals surface area contributed by atoms with Crippen molar-refractivity contribution in [1.29, 1.82) is 0 Å². The third-order valence-electron chi connectivity index (χ3n) is 4.33. The molecule has 0 amide bonds. The van der Waals surface area contributed by atoms with Crippen LogP contribution in [0.1, 0.15) is 110 Å². The first kappa shape index (κ1) is 22.4. The molecule has 0 saturated carbocycles. The second-order valence-corrected chi connectivity index (χ2v) is 6.71. The summed E-state index contributed by atoms with van der Waals surface area (Å²) < 4.78 is 0. The van der Waals surface area contributed by atoms with E-state index in [0.29, 0.717) is 6.61 Å². The Bertz CT molecular complexity index is 255. The summed E-state index contributed by atoms with van der Waals surface area (Å²) in [7, 11) is 0. The second kappa shape index (κ2) is 21.4. The molecule has 0 heterocycles. The fourth-order valence-electron chi connectivity index (χ4n) is 2.77. The largest absolute Gasteiger partial charge is 0.396 e. The van der Waals surface area contributed by atoms with E-state index < -0.39 is 0 Å². The first-order valence-corrected chi connectivity index (χ1v) is 10.3. The number of allylic oxidation sites excluding steroid dienone is 4. The van der Waals surface area contributed by atoms with Crippen molar-refractivity contribution in [3.05, 3.63) is 24.3 Å². The van der Waals surface area contributed by atoms with Gasteiger partial charge in [-0.3, -0.25) is 0 Å². The van der Waals surface area contributed by atoms with E-state index in [-0.39, 0.29) is 0 Å². The highest BCUT2D eigenvalue weighted by Crippen LogP contribution is 2.09. The summed E-state index contributed by atoms with van der Waals surface area (Å²) >= 11 is 0. The highest BCUT2D eigenvalue weighted by Gasteiger charge is 1.90. The van der Waals surface area contributed by atoms with Gasteiger partial charge in [-0.1, -0.05) is 76.2 Å². The number of rotatable bonds is 18. The van der Waals surface area contributed by atoms with Gasteiger partial charge >= 0.3 is 0 Å². The predicted octanol–water partition coefficient (Wildman–Crippen LogP) is 7.35. The van der Waals surface area contributed by atoms with Gasteiger partial charge in [0, 0.05) is 6.61 Å².